The molecule has 0 aliphatic heterocycles. The van der Waals surface area contributed by atoms with Gasteiger partial charge in [0.15, 0.2) is 5.82 Å². The van der Waals surface area contributed by atoms with E-state index in [4.69, 9.17) is 16.8 Å². The predicted molar refractivity (Wildman–Crippen MR) is 115 cm³/mol. The zero-order valence-corrected chi connectivity index (χ0v) is 18.7. The van der Waals surface area contributed by atoms with E-state index < -0.39 is 5.82 Å². The summed E-state index contributed by atoms with van der Waals surface area (Å²) in [6.07, 6.45) is 8.77. The van der Waals surface area contributed by atoms with Crippen molar-refractivity contribution < 1.29 is 19.4 Å². The Morgan fingerprint density at radius 1 is 1.23 bits per heavy atom. The Bertz CT molecular complexity index is 1040. The largest absolute Gasteiger partial charge is 0.393 e. The number of aliphatic hydroxyl groups is 1. The lowest BCUT2D eigenvalue weighted by molar-refractivity contribution is -0.905. The van der Waals surface area contributed by atoms with E-state index in [0.717, 1.165) is 44.7 Å². The second-order valence-electron chi connectivity index (χ2n) is 9.52. The van der Waals surface area contributed by atoms with Gasteiger partial charge in [0.25, 0.3) is 6.20 Å². The van der Waals surface area contributed by atoms with E-state index in [1.807, 2.05) is 6.07 Å². The summed E-state index contributed by atoms with van der Waals surface area (Å²) in [4.78, 5) is 0. The van der Waals surface area contributed by atoms with E-state index in [1.54, 1.807) is 6.92 Å². The van der Waals surface area contributed by atoms with Crippen LogP contribution >= 0.6 is 11.6 Å². The Balaban J connectivity index is 0.000000217. The maximum atomic E-state index is 12.4. The average Bonchev–Trinajstić information content (AvgIpc) is 3.06. The lowest BCUT2D eigenvalue weighted by Crippen LogP contribution is -2.44. The van der Waals surface area contributed by atoms with Crippen LogP contribution in [0.2, 0.25) is 5.02 Å². The summed E-state index contributed by atoms with van der Waals surface area (Å²) in [7, 11) is 0. The van der Waals surface area contributed by atoms with Crippen LogP contribution in [0.25, 0.3) is 0 Å². The van der Waals surface area contributed by atoms with Gasteiger partial charge in [0, 0.05) is 10.8 Å². The minimum Gasteiger partial charge on any atom is -0.393 e. The van der Waals surface area contributed by atoms with Crippen LogP contribution in [-0.4, -0.2) is 16.4 Å². The summed E-state index contributed by atoms with van der Waals surface area (Å²) in [5.74, 6) is 1.48. The maximum absolute atomic E-state index is 12.4. The van der Waals surface area contributed by atoms with Crippen LogP contribution in [0.1, 0.15) is 67.2 Å². The zero-order chi connectivity index (χ0) is 22.3. The van der Waals surface area contributed by atoms with Gasteiger partial charge in [0.1, 0.15) is 6.07 Å². The minimum absolute atomic E-state index is 0.120. The molecule has 0 bridgehead atoms. The van der Waals surface area contributed by atoms with Gasteiger partial charge in [-0.2, -0.15) is 9.65 Å². The standard InChI is InChI=1S/C19H22ClNO.C6H7FNO/c1-19-9-8-13-12-3-2-11(10-21)18(20)15(12)5-4-14(13)16(19)6-7-17(19)22;1-5-2-3-8(9)4-6(5)7/h2-3,13-14,16-17,22H,4-9H2,1H3;2-4,9H,1H3/q;+1/t13?,14?,16?,17-,19-;/m0./s1. The Labute approximate surface area is 187 Å². The number of aryl methyl sites for hydroxylation is 1. The predicted octanol–water partition coefficient (Wildman–Crippen LogP) is 5.09. The Kier molecular flexibility index (Phi) is 5.98. The van der Waals surface area contributed by atoms with Gasteiger partial charge in [-0.05, 0) is 91.4 Å². The number of pyridine rings is 1. The summed E-state index contributed by atoms with van der Waals surface area (Å²) in [6, 6.07) is 7.73. The molecule has 1 aromatic carbocycles. The molecule has 3 aliphatic carbocycles. The Morgan fingerprint density at radius 2 is 2.00 bits per heavy atom. The number of rotatable bonds is 0. The second kappa shape index (κ2) is 8.41. The van der Waals surface area contributed by atoms with Crippen molar-refractivity contribution in [2.75, 3.05) is 0 Å². The van der Waals surface area contributed by atoms with Crippen LogP contribution in [0.4, 0.5) is 4.39 Å². The van der Waals surface area contributed by atoms with Crippen molar-refractivity contribution in [3.05, 3.63) is 63.7 Å². The van der Waals surface area contributed by atoms with Crippen LogP contribution < -0.4 is 4.73 Å². The number of aliphatic hydroxyl groups excluding tert-OH is 1. The minimum atomic E-state index is -0.403. The third-order valence-electron chi connectivity index (χ3n) is 8.01. The number of aromatic nitrogens is 1. The molecule has 31 heavy (non-hydrogen) atoms. The van der Waals surface area contributed by atoms with Gasteiger partial charge < -0.3 is 5.11 Å². The van der Waals surface area contributed by atoms with Gasteiger partial charge in [0.05, 0.1) is 16.7 Å². The molecule has 1 aromatic heterocycles. The first-order chi connectivity index (χ1) is 14.8. The lowest BCUT2D eigenvalue weighted by atomic mass is 9.55. The number of hydrogen-bond acceptors (Lipinski definition) is 3. The summed E-state index contributed by atoms with van der Waals surface area (Å²) < 4.78 is 13.1. The highest BCUT2D eigenvalue weighted by atomic mass is 35.5. The molecule has 4 nitrogen and oxygen atoms in total. The number of halogens is 2. The fraction of sp³-hybridized carbons (Fsp3) is 0.520. The number of benzene rings is 1. The van der Waals surface area contributed by atoms with Crippen molar-refractivity contribution in [1.29, 1.82) is 5.26 Å². The first kappa shape index (κ1) is 22.0. The Hall–Kier alpha value is -2.16. The van der Waals surface area contributed by atoms with E-state index >= 15 is 0 Å². The van der Waals surface area contributed by atoms with Gasteiger partial charge in [-0.25, -0.2) is 0 Å². The number of hydrogen-bond donors (Lipinski definition) is 2. The van der Waals surface area contributed by atoms with E-state index in [9.17, 15) is 14.8 Å². The van der Waals surface area contributed by atoms with Crippen molar-refractivity contribution in [2.45, 2.75) is 64.4 Å². The normalized spacial score (nSPS) is 30.8. The molecule has 3 aliphatic rings. The van der Waals surface area contributed by atoms with Crippen molar-refractivity contribution in [3.63, 3.8) is 0 Å². The van der Waals surface area contributed by atoms with Crippen LogP contribution in [0.5, 0.6) is 0 Å². The molecule has 5 atom stereocenters. The van der Waals surface area contributed by atoms with E-state index in [0.29, 0.717) is 38.6 Å². The van der Waals surface area contributed by atoms with E-state index in [-0.39, 0.29) is 11.5 Å². The highest BCUT2D eigenvalue weighted by molar-refractivity contribution is 6.32. The molecule has 5 rings (SSSR count). The smallest absolute Gasteiger partial charge is 0.258 e. The van der Waals surface area contributed by atoms with Gasteiger partial charge >= 0.3 is 0 Å². The topological polar surface area (TPSA) is 68.1 Å². The van der Waals surface area contributed by atoms with E-state index in [1.165, 1.54) is 23.4 Å². The molecule has 2 saturated carbocycles. The monoisotopic (exact) mass is 443 g/mol. The maximum Gasteiger partial charge on any atom is 0.258 e. The van der Waals surface area contributed by atoms with Crippen LogP contribution in [0.15, 0.2) is 30.6 Å². The first-order valence-electron chi connectivity index (χ1n) is 11.0. The van der Waals surface area contributed by atoms with Crippen LogP contribution in [0.3, 0.4) is 0 Å². The molecule has 1 heterocycles. The van der Waals surface area contributed by atoms with Gasteiger partial charge in [-0.3, -0.25) is 5.21 Å². The molecule has 2 N–H and O–H groups in total. The zero-order valence-electron chi connectivity index (χ0n) is 18.0. The first-order valence-corrected chi connectivity index (χ1v) is 11.4. The van der Waals surface area contributed by atoms with Crippen molar-refractivity contribution in [1.82, 2.24) is 0 Å². The SMILES string of the molecule is C[C@]12CCC3c4ccc(C#N)c(Cl)c4CCC3C1CC[C@@H]2O.Cc1cc[n+](O)cc1F. The van der Waals surface area contributed by atoms with Gasteiger partial charge in [-0.15, -0.1) is 0 Å². The molecular weight excluding hydrogens is 415 g/mol. The number of nitriles is 1. The lowest BCUT2D eigenvalue weighted by Gasteiger charge is -2.50. The van der Waals surface area contributed by atoms with Gasteiger partial charge in [0.2, 0.25) is 6.20 Å². The van der Waals surface area contributed by atoms with Gasteiger partial charge in [-0.1, -0.05) is 24.6 Å². The van der Waals surface area contributed by atoms with Crippen LogP contribution in [-0.2, 0) is 6.42 Å². The molecule has 6 heteroatoms. The molecule has 0 radical (unpaired) electrons. The second-order valence-corrected chi connectivity index (χ2v) is 9.89. The van der Waals surface area contributed by atoms with Crippen molar-refractivity contribution in [2.24, 2.45) is 17.3 Å². The highest BCUT2D eigenvalue weighted by Gasteiger charge is 2.54. The molecule has 2 fully saturated rings. The highest BCUT2D eigenvalue weighted by Crippen LogP contribution is 2.61. The molecule has 164 valence electrons. The number of fused-ring (bicyclic) bond motifs is 5. The fourth-order valence-electron chi connectivity index (χ4n) is 6.21. The summed E-state index contributed by atoms with van der Waals surface area (Å²) >= 11 is 6.46. The fourth-order valence-corrected chi connectivity index (χ4v) is 6.52. The molecule has 0 saturated heterocycles. The molecule has 0 amide bonds. The van der Waals surface area contributed by atoms with Crippen molar-refractivity contribution >= 4 is 11.6 Å². The molecule has 2 aromatic rings. The molecular formula is C25H29ClFN2O2+. The molecule has 0 spiro atoms. The third kappa shape index (κ3) is 3.81. The van der Waals surface area contributed by atoms with Crippen LogP contribution in [0, 0.1) is 41.3 Å². The van der Waals surface area contributed by atoms with E-state index in [2.05, 4.69) is 19.1 Å². The summed E-state index contributed by atoms with van der Waals surface area (Å²) in [5.41, 5.74) is 3.85. The quantitative estimate of drug-likeness (QED) is 0.440. The third-order valence-corrected chi connectivity index (χ3v) is 8.45. The summed E-state index contributed by atoms with van der Waals surface area (Å²) in [5, 5.41) is 28.9. The number of nitrogens with zero attached hydrogens (tertiary/aromatic N) is 2. The van der Waals surface area contributed by atoms with Crippen molar-refractivity contribution in [3.8, 4) is 6.07 Å². The average molecular weight is 444 g/mol. The molecule has 3 unspecified atom stereocenters. The summed E-state index contributed by atoms with van der Waals surface area (Å²) in [6.45, 7) is 3.93. The Morgan fingerprint density at radius 3 is 2.68 bits per heavy atom.